The minimum Gasteiger partial charge on any atom is -0.352 e. The van der Waals surface area contributed by atoms with Gasteiger partial charge in [0, 0.05) is 37.4 Å². The van der Waals surface area contributed by atoms with E-state index in [2.05, 4.69) is 66.3 Å². The molecule has 2 aromatic carbocycles. The van der Waals surface area contributed by atoms with Crippen LogP contribution in [-0.2, 0) is 6.42 Å². The second kappa shape index (κ2) is 9.39. The van der Waals surface area contributed by atoms with Gasteiger partial charge in [0.25, 0.3) is 0 Å². The third-order valence-electron chi connectivity index (χ3n) is 6.30. The summed E-state index contributed by atoms with van der Waals surface area (Å²) in [7, 11) is 0. The maximum atomic E-state index is 12.7. The predicted octanol–water partition coefficient (Wildman–Crippen LogP) is 4.99. The zero-order valence-corrected chi connectivity index (χ0v) is 19.4. The van der Waals surface area contributed by atoms with Crippen LogP contribution in [0, 0.1) is 20.8 Å². The average molecular weight is 430 g/mol. The normalized spacial score (nSPS) is 13.9. The molecule has 1 aliphatic heterocycles. The number of para-hydroxylation sites is 1. The minimum absolute atomic E-state index is 0.0443. The molecular weight excluding hydrogens is 398 g/mol. The quantitative estimate of drug-likeness (QED) is 0.635. The molecule has 0 radical (unpaired) electrons. The second-order valence-electron chi connectivity index (χ2n) is 8.44. The molecule has 0 spiro atoms. The van der Waals surface area contributed by atoms with Gasteiger partial charge in [-0.15, -0.1) is 10.2 Å². The lowest BCUT2D eigenvalue weighted by Crippen LogP contribution is -2.50. The summed E-state index contributed by atoms with van der Waals surface area (Å²) in [6.45, 7) is 11.2. The fourth-order valence-electron chi connectivity index (χ4n) is 4.16. The molecule has 6 nitrogen and oxygen atoms in total. The molecule has 0 unspecified atom stereocenters. The van der Waals surface area contributed by atoms with Gasteiger partial charge in [-0.3, -0.25) is 0 Å². The van der Waals surface area contributed by atoms with Crippen molar-refractivity contribution in [1.29, 1.82) is 0 Å². The second-order valence-corrected chi connectivity index (χ2v) is 8.44. The Morgan fingerprint density at radius 2 is 1.62 bits per heavy atom. The van der Waals surface area contributed by atoms with Crippen LogP contribution in [0.3, 0.4) is 0 Å². The molecule has 32 heavy (non-hydrogen) atoms. The molecule has 1 saturated heterocycles. The highest BCUT2D eigenvalue weighted by molar-refractivity contribution is 5.90. The summed E-state index contributed by atoms with van der Waals surface area (Å²) in [6, 6.07) is 16.4. The van der Waals surface area contributed by atoms with Gasteiger partial charge < -0.3 is 15.1 Å². The van der Waals surface area contributed by atoms with Crippen molar-refractivity contribution < 1.29 is 4.79 Å². The number of rotatable bonds is 4. The maximum absolute atomic E-state index is 12.7. The standard InChI is InChI=1S/C26H31N5O/c1-5-21-8-6-7-9-23(21)27-26(32)31-14-12-30(13-15-31)25-11-10-24(28-29-25)22-17-19(3)18(2)16-20(22)4/h6-11,16-17H,5,12-15H2,1-4H3,(H,27,32). The van der Waals surface area contributed by atoms with Gasteiger partial charge in [-0.1, -0.05) is 31.2 Å². The van der Waals surface area contributed by atoms with E-state index < -0.39 is 0 Å². The molecule has 1 aliphatic rings. The lowest BCUT2D eigenvalue weighted by molar-refractivity contribution is 0.208. The summed E-state index contributed by atoms with van der Waals surface area (Å²) in [5, 5.41) is 12.1. The van der Waals surface area contributed by atoms with Crippen molar-refractivity contribution >= 4 is 17.5 Å². The molecule has 0 bridgehead atoms. The van der Waals surface area contributed by atoms with Crippen LogP contribution in [0.1, 0.15) is 29.2 Å². The third-order valence-corrected chi connectivity index (χ3v) is 6.30. The molecule has 3 aromatic rings. The highest BCUT2D eigenvalue weighted by Crippen LogP contribution is 2.26. The maximum Gasteiger partial charge on any atom is 0.321 e. The molecule has 2 heterocycles. The van der Waals surface area contributed by atoms with E-state index in [9.17, 15) is 4.79 Å². The van der Waals surface area contributed by atoms with Gasteiger partial charge in [-0.25, -0.2) is 4.79 Å². The average Bonchev–Trinajstić information content (AvgIpc) is 2.82. The van der Waals surface area contributed by atoms with Gasteiger partial charge in [0.1, 0.15) is 0 Å². The Bertz CT molecular complexity index is 1100. The highest BCUT2D eigenvalue weighted by Gasteiger charge is 2.22. The number of amides is 2. The van der Waals surface area contributed by atoms with Crippen LogP contribution >= 0.6 is 0 Å². The van der Waals surface area contributed by atoms with Crippen molar-refractivity contribution in [2.75, 3.05) is 36.4 Å². The molecule has 2 amide bonds. The molecule has 4 rings (SSSR count). The summed E-state index contributed by atoms with van der Waals surface area (Å²) in [6.07, 6.45) is 0.889. The van der Waals surface area contributed by atoms with E-state index in [1.807, 2.05) is 35.2 Å². The van der Waals surface area contributed by atoms with Crippen molar-refractivity contribution in [3.63, 3.8) is 0 Å². The molecular formula is C26H31N5O. The number of carbonyl (C=O) groups is 1. The molecule has 166 valence electrons. The summed E-state index contributed by atoms with van der Waals surface area (Å²) in [4.78, 5) is 16.8. The largest absolute Gasteiger partial charge is 0.352 e. The summed E-state index contributed by atoms with van der Waals surface area (Å²) >= 11 is 0. The van der Waals surface area contributed by atoms with Gasteiger partial charge in [0.05, 0.1) is 5.69 Å². The Kier molecular flexibility index (Phi) is 6.40. The van der Waals surface area contributed by atoms with Crippen LogP contribution in [0.2, 0.25) is 0 Å². The van der Waals surface area contributed by atoms with Crippen LogP contribution < -0.4 is 10.2 Å². The molecule has 0 aliphatic carbocycles. The van der Waals surface area contributed by atoms with E-state index in [1.54, 1.807) is 0 Å². The number of benzene rings is 2. The smallest absolute Gasteiger partial charge is 0.321 e. The van der Waals surface area contributed by atoms with Crippen molar-refractivity contribution in [1.82, 2.24) is 15.1 Å². The number of nitrogens with zero attached hydrogens (tertiary/aromatic N) is 4. The zero-order valence-electron chi connectivity index (χ0n) is 19.4. The Morgan fingerprint density at radius 3 is 2.31 bits per heavy atom. The first kappa shape index (κ1) is 21.8. The highest BCUT2D eigenvalue weighted by atomic mass is 16.2. The summed E-state index contributed by atoms with van der Waals surface area (Å²) in [5.41, 5.74) is 7.81. The van der Waals surface area contributed by atoms with Crippen LogP contribution in [0.25, 0.3) is 11.3 Å². The molecule has 1 N–H and O–H groups in total. The molecule has 1 aromatic heterocycles. The Balaban J connectivity index is 1.38. The number of piperazine rings is 1. The third kappa shape index (κ3) is 4.59. The van der Waals surface area contributed by atoms with Crippen molar-refractivity contribution in [2.45, 2.75) is 34.1 Å². The fourth-order valence-corrected chi connectivity index (χ4v) is 4.16. The van der Waals surface area contributed by atoms with Gasteiger partial charge in [-0.05, 0) is 73.7 Å². The summed E-state index contributed by atoms with van der Waals surface area (Å²) in [5.74, 6) is 0.853. The number of carbonyl (C=O) groups excluding carboxylic acids is 1. The topological polar surface area (TPSA) is 61.4 Å². The zero-order chi connectivity index (χ0) is 22.7. The number of nitrogens with one attached hydrogen (secondary N) is 1. The predicted molar refractivity (Wildman–Crippen MR) is 130 cm³/mol. The van der Waals surface area contributed by atoms with E-state index >= 15 is 0 Å². The molecule has 0 atom stereocenters. The molecule has 0 saturated carbocycles. The van der Waals surface area contributed by atoms with Crippen molar-refractivity contribution in [3.05, 3.63) is 70.8 Å². The SMILES string of the molecule is CCc1ccccc1NC(=O)N1CCN(c2ccc(-c3cc(C)c(C)cc3C)nn2)CC1. The number of hydrogen-bond donors (Lipinski definition) is 1. The van der Waals surface area contributed by atoms with Crippen molar-refractivity contribution in [3.8, 4) is 11.3 Å². The lowest BCUT2D eigenvalue weighted by Gasteiger charge is -2.35. The monoisotopic (exact) mass is 429 g/mol. The number of hydrogen-bond acceptors (Lipinski definition) is 4. The van der Waals surface area contributed by atoms with E-state index in [4.69, 9.17) is 0 Å². The Hall–Kier alpha value is -3.41. The number of anilines is 2. The van der Waals surface area contributed by atoms with Crippen LogP contribution in [0.5, 0.6) is 0 Å². The van der Waals surface area contributed by atoms with E-state index in [0.29, 0.717) is 13.1 Å². The number of urea groups is 1. The Morgan fingerprint density at radius 1 is 0.906 bits per heavy atom. The van der Waals surface area contributed by atoms with E-state index in [-0.39, 0.29) is 6.03 Å². The first-order chi connectivity index (χ1) is 15.5. The van der Waals surface area contributed by atoms with Crippen molar-refractivity contribution in [2.24, 2.45) is 0 Å². The fraction of sp³-hybridized carbons (Fsp3) is 0.346. The minimum atomic E-state index is -0.0443. The van der Waals surface area contributed by atoms with Gasteiger partial charge in [0.15, 0.2) is 5.82 Å². The number of aryl methyl sites for hydroxylation is 4. The van der Waals surface area contributed by atoms with E-state index in [0.717, 1.165) is 47.8 Å². The van der Waals surface area contributed by atoms with E-state index in [1.165, 1.54) is 16.7 Å². The Labute approximate surface area is 190 Å². The molecule has 6 heteroatoms. The molecule has 1 fully saturated rings. The first-order valence-electron chi connectivity index (χ1n) is 11.3. The summed E-state index contributed by atoms with van der Waals surface area (Å²) < 4.78 is 0. The van der Waals surface area contributed by atoms with Gasteiger partial charge >= 0.3 is 6.03 Å². The first-order valence-corrected chi connectivity index (χ1v) is 11.3. The van der Waals surface area contributed by atoms with Gasteiger partial charge in [0.2, 0.25) is 0 Å². The van der Waals surface area contributed by atoms with Gasteiger partial charge in [-0.2, -0.15) is 0 Å². The van der Waals surface area contributed by atoms with Crippen LogP contribution in [-0.4, -0.2) is 47.3 Å². The lowest BCUT2D eigenvalue weighted by atomic mass is 9.99. The van der Waals surface area contributed by atoms with Crippen LogP contribution in [0.4, 0.5) is 16.3 Å². The number of aromatic nitrogens is 2. The van der Waals surface area contributed by atoms with Crippen LogP contribution in [0.15, 0.2) is 48.5 Å².